The van der Waals surface area contributed by atoms with Gasteiger partial charge in [-0.25, -0.2) is 0 Å². The molecule has 0 N–H and O–H groups in total. The average Bonchev–Trinajstić information content (AvgIpc) is 3.18. The molecule has 1 aliphatic heterocycles. The number of aromatic nitrogens is 1. The van der Waals surface area contributed by atoms with E-state index in [9.17, 15) is 4.79 Å². The number of hydrogen-bond acceptors (Lipinski definition) is 4. The lowest BCUT2D eigenvalue weighted by Gasteiger charge is -2.45. The van der Waals surface area contributed by atoms with Gasteiger partial charge in [0, 0.05) is 17.7 Å². The topological polar surface area (TPSA) is 63.0 Å². The first kappa shape index (κ1) is 19.1. The highest BCUT2D eigenvalue weighted by Gasteiger charge is 2.49. The molecule has 5 rings (SSSR count). The van der Waals surface area contributed by atoms with Crippen molar-refractivity contribution in [3.05, 3.63) is 59.9 Å². The van der Waals surface area contributed by atoms with Crippen molar-refractivity contribution in [2.45, 2.75) is 44.6 Å². The van der Waals surface area contributed by atoms with E-state index in [0.717, 1.165) is 23.2 Å². The highest BCUT2D eigenvalue weighted by molar-refractivity contribution is 5.72. The summed E-state index contributed by atoms with van der Waals surface area (Å²) in [5, 5.41) is 9.10. The summed E-state index contributed by atoms with van der Waals surface area (Å²) < 4.78 is 5.67. The van der Waals surface area contributed by atoms with E-state index in [-0.39, 0.29) is 12.1 Å². The molecule has 4 nitrogen and oxygen atoms in total. The maximum atomic E-state index is 11.9. The third kappa shape index (κ3) is 3.65. The van der Waals surface area contributed by atoms with Crippen LogP contribution in [0.15, 0.2) is 48.7 Å². The fourth-order valence-electron chi connectivity index (χ4n) is 5.86. The first-order valence-corrected chi connectivity index (χ1v) is 11.1. The van der Waals surface area contributed by atoms with Gasteiger partial charge in [0.1, 0.15) is 6.10 Å². The molecular formula is C26H26N2O2. The number of hydrogen-bond donors (Lipinski definition) is 0. The quantitative estimate of drug-likeness (QED) is 0.650. The molecule has 3 aliphatic rings. The number of carbonyl (C=O) groups excluding carboxylic acids is 1. The second-order valence-electron chi connectivity index (χ2n) is 8.93. The van der Waals surface area contributed by atoms with E-state index in [2.05, 4.69) is 29.3 Å². The summed E-state index contributed by atoms with van der Waals surface area (Å²) in [6.07, 6.45) is 13.1. The highest BCUT2D eigenvalue weighted by atomic mass is 16.5. The van der Waals surface area contributed by atoms with Gasteiger partial charge >= 0.3 is 5.97 Å². The average molecular weight is 399 g/mol. The van der Waals surface area contributed by atoms with Crippen molar-refractivity contribution in [2.24, 2.45) is 23.7 Å². The number of fused-ring (bicyclic) bond motifs is 3. The number of carbonyl (C=O) groups is 1. The molecule has 1 aromatic heterocycles. The van der Waals surface area contributed by atoms with Crippen molar-refractivity contribution in [1.82, 2.24) is 4.98 Å². The van der Waals surface area contributed by atoms with Gasteiger partial charge in [-0.1, -0.05) is 37.1 Å². The largest absolute Gasteiger partial charge is 0.462 e. The molecule has 2 saturated carbocycles. The molecule has 2 heterocycles. The minimum absolute atomic E-state index is 0.00308. The summed E-state index contributed by atoms with van der Waals surface area (Å²) >= 11 is 0. The molecule has 0 spiro atoms. The van der Waals surface area contributed by atoms with Crippen molar-refractivity contribution in [3.8, 4) is 17.2 Å². The van der Waals surface area contributed by atoms with Crippen LogP contribution in [0.2, 0.25) is 0 Å². The van der Waals surface area contributed by atoms with Crippen molar-refractivity contribution in [2.75, 3.05) is 0 Å². The Morgan fingerprint density at radius 3 is 2.73 bits per heavy atom. The van der Waals surface area contributed by atoms with Crippen molar-refractivity contribution < 1.29 is 9.53 Å². The number of nitriles is 1. The predicted octanol–water partition coefficient (Wildman–Crippen LogP) is 5.39. The molecule has 3 fully saturated rings. The van der Waals surface area contributed by atoms with E-state index >= 15 is 0 Å². The third-order valence-corrected chi connectivity index (χ3v) is 7.27. The van der Waals surface area contributed by atoms with Gasteiger partial charge in [-0.3, -0.25) is 9.78 Å². The Balaban J connectivity index is 1.33. The van der Waals surface area contributed by atoms with Gasteiger partial charge < -0.3 is 4.74 Å². The minimum Gasteiger partial charge on any atom is -0.462 e. The second kappa shape index (κ2) is 8.07. The fraction of sp³-hybridized carbons (Fsp3) is 0.423. The molecule has 4 heteroatoms. The maximum Gasteiger partial charge on any atom is 0.306 e. The minimum atomic E-state index is -0.00308. The number of ether oxygens (including phenoxy) is 1. The molecule has 0 bridgehead atoms. The first-order valence-electron chi connectivity index (χ1n) is 11.1. The van der Waals surface area contributed by atoms with E-state index in [4.69, 9.17) is 10.00 Å². The molecule has 0 unspecified atom stereocenters. The van der Waals surface area contributed by atoms with E-state index in [0.29, 0.717) is 35.7 Å². The highest BCUT2D eigenvalue weighted by Crippen LogP contribution is 2.51. The Kier molecular flexibility index (Phi) is 5.12. The summed E-state index contributed by atoms with van der Waals surface area (Å²) in [4.78, 5) is 16.5. The SMILES string of the molecule is N#Cc1cccc(-c2ccc(/C=C/[C@@H]3C[C@H]4OC(=O)C[C@H]4[C@@H]4CCCC[C@H]43)nc2)c1. The molecule has 2 aromatic rings. The Morgan fingerprint density at radius 1 is 1.07 bits per heavy atom. The Morgan fingerprint density at radius 2 is 1.93 bits per heavy atom. The van der Waals surface area contributed by atoms with Crippen molar-refractivity contribution >= 4 is 12.0 Å². The molecule has 152 valence electrons. The zero-order chi connectivity index (χ0) is 20.5. The van der Waals surface area contributed by atoms with Crippen LogP contribution in [0.5, 0.6) is 0 Å². The Bertz CT molecular complexity index is 1000. The van der Waals surface area contributed by atoms with Gasteiger partial charge in [-0.15, -0.1) is 0 Å². The van der Waals surface area contributed by atoms with E-state index in [1.54, 1.807) is 0 Å². The Hall–Kier alpha value is -2.93. The number of esters is 1. The molecule has 0 radical (unpaired) electrons. The van der Waals surface area contributed by atoms with Crippen molar-refractivity contribution in [1.29, 1.82) is 5.26 Å². The van der Waals surface area contributed by atoms with Crippen LogP contribution in [0.4, 0.5) is 0 Å². The number of allylic oxidation sites excluding steroid dienone is 1. The molecule has 1 aromatic carbocycles. The standard InChI is InChI=1S/C26H26N2O2/c27-15-17-4-3-5-18(12-17)20-9-11-21(28-16-20)10-8-19-13-25-24(14-26(29)30-25)23-7-2-1-6-22(19)23/h3-5,8-12,16,19,22-25H,1-2,6-7,13-14H2/b10-8+/t19-,22+,23-,24+,25-/m1/s1. The van der Waals surface area contributed by atoms with Gasteiger partial charge in [-0.2, -0.15) is 5.26 Å². The van der Waals surface area contributed by atoms with Crippen molar-refractivity contribution in [3.63, 3.8) is 0 Å². The zero-order valence-electron chi connectivity index (χ0n) is 17.0. The lowest BCUT2D eigenvalue weighted by Crippen LogP contribution is -2.42. The molecule has 30 heavy (non-hydrogen) atoms. The van der Waals surface area contributed by atoms with Crippen LogP contribution in [0.3, 0.4) is 0 Å². The number of rotatable bonds is 3. The molecular weight excluding hydrogens is 372 g/mol. The van der Waals surface area contributed by atoms with E-state index < -0.39 is 0 Å². The van der Waals surface area contributed by atoms with Crippen LogP contribution in [-0.2, 0) is 9.53 Å². The number of benzene rings is 1. The summed E-state index contributed by atoms with van der Waals surface area (Å²) in [5.74, 6) is 2.18. The van der Waals surface area contributed by atoms with Gasteiger partial charge in [0.25, 0.3) is 0 Å². The summed E-state index contributed by atoms with van der Waals surface area (Å²) in [5.41, 5.74) is 3.60. The van der Waals surface area contributed by atoms with E-state index in [1.807, 2.05) is 36.5 Å². The van der Waals surface area contributed by atoms with Crippen LogP contribution < -0.4 is 0 Å². The third-order valence-electron chi connectivity index (χ3n) is 7.27. The summed E-state index contributed by atoms with van der Waals surface area (Å²) in [6.45, 7) is 0. The number of nitrogens with zero attached hydrogens (tertiary/aromatic N) is 2. The maximum absolute atomic E-state index is 11.9. The molecule has 5 atom stereocenters. The summed E-state index contributed by atoms with van der Waals surface area (Å²) in [6, 6.07) is 13.9. The normalized spacial score (nSPS) is 30.4. The van der Waals surface area contributed by atoms with Crippen LogP contribution in [0.25, 0.3) is 17.2 Å². The van der Waals surface area contributed by atoms with E-state index in [1.165, 1.54) is 25.7 Å². The lowest BCUT2D eigenvalue weighted by molar-refractivity contribution is -0.143. The lowest BCUT2D eigenvalue weighted by atomic mass is 9.60. The monoisotopic (exact) mass is 398 g/mol. The zero-order valence-corrected chi connectivity index (χ0v) is 17.0. The predicted molar refractivity (Wildman–Crippen MR) is 115 cm³/mol. The van der Waals surface area contributed by atoms with Gasteiger partial charge in [0.05, 0.1) is 23.7 Å². The van der Waals surface area contributed by atoms with Gasteiger partial charge in [0.15, 0.2) is 0 Å². The fourth-order valence-corrected chi connectivity index (χ4v) is 5.86. The van der Waals surface area contributed by atoms with Gasteiger partial charge in [-0.05, 0) is 66.9 Å². The molecule has 2 aliphatic carbocycles. The van der Waals surface area contributed by atoms with Gasteiger partial charge in [0.2, 0.25) is 0 Å². The van der Waals surface area contributed by atoms with Crippen LogP contribution in [0.1, 0.15) is 49.8 Å². The smallest absolute Gasteiger partial charge is 0.306 e. The second-order valence-corrected chi connectivity index (χ2v) is 8.93. The van der Waals surface area contributed by atoms with Crippen LogP contribution in [-0.4, -0.2) is 17.1 Å². The van der Waals surface area contributed by atoms with Crippen LogP contribution in [0, 0.1) is 35.0 Å². The first-order chi connectivity index (χ1) is 14.7. The summed E-state index contributed by atoms with van der Waals surface area (Å²) in [7, 11) is 0. The van der Waals surface area contributed by atoms with Crippen LogP contribution >= 0.6 is 0 Å². The number of pyridine rings is 1. The molecule has 0 amide bonds. The Labute approximate surface area is 177 Å². The molecule has 1 saturated heterocycles.